The van der Waals surface area contributed by atoms with Gasteiger partial charge in [-0.15, -0.1) is 0 Å². The molecule has 0 saturated heterocycles. The molecule has 0 bridgehead atoms. The minimum absolute atomic E-state index is 0.0835. The Hall–Kier alpha value is -2.94. The van der Waals surface area contributed by atoms with Crippen molar-refractivity contribution in [2.24, 2.45) is 0 Å². The molecule has 0 aliphatic heterocycles. The molecule has 29 heavy (non-hydrogen) atoms. The average molecular weight is 413 g/mol. The van der Waals surface area contributed by atoms with E-state index in [0.29, 0.717) is 18.5 Å². The number of nitrogens with two attached hydrogens (primary N) is 1. The fraction of sp³-hybridized carbons (Fsp3) is 0.190. The van der Waals surface area contributed by atoms with Crippen LogP contribution in [-0.2, 0) is 21.2 Å². The number of nitrogens with one attached hydrogen (secondary N) is 1. The molecule has 0 aromatic heterocycles. The molecule has 8 heteroatoms. The van der Waals surface area contributed by atoms with Gasteiger partial charge < -0.3 is 5.73 Å². The molecule has 0 atom stereocenters. The number of aryl methyl sites for hydroxylation is 1. The Bertz CT molecular complexity index is 1100. The molecule has 0 saturated carbocycles. The quantitative estimate of drug-likeness (QED) is 0.298. The summed E-state index contributed by atoms with van der Waals surface area (Å²) in [4.78, 5) is 11.8. The second-order valence-electron chi connectivity index (χ2n) is 6.73. The lowest BCUT2D eigenvalue weighted by atomic mass is 10.1. The maximum Gasteiger partial charge on any atom is 0.258 e. The van der Waals surface area contributed by atoms with E-state index in [1.807, 2.05) is 30.3 Å². The highest BCUT2D eigenvalue weighted by atomic mass is 32.2. The summed E-state index contributed by atoms with van der Waals surface area (Å²) in [7, 11) is -3.93. The minimum Gasteiger partial charge on any atom is -0.399 e. The Labute approximate surface area is 169 Å². The monoisotopic (exact) mass is 413 g/mol. The van der Waals surface area contributed by atoms with Gasteiger partial charge in [0.15, 0.2) is 0 Å². The highest BCUT2D eigenvalue weighted by Gasteiger charge is 2.26. The molecule has 0 aliphatic carbocycles. The number of nitrogens with zero attached hydrogens (tertiary/aromatic N) is 1. The lowest BCUT2D eigenvalue weighted by molar-refractivity contribution is -0.129. The van der Waals surface area contributed by atoms with E-state index in [9.17, 15) is 13.2 Å². The molecule has 0 unspecified atom stereocenters. The molecular formula is C21H23N3O4S. The molecule has 3 rings (SSSR count). The molecule has 152 valence electrons. The van der Waals surface area contributed by atoms with Crippen LogP contribution in [0.1, 0.15) is 12.0 Å². The molecule has 1 amide bonds. The highest BCUT2D eigenvalue weighted by molar-refractivity contribution is 7.89. The molecule has 0 aliphatic rings. The van der Waals surface area contributed by atoms with E-state index in [1.165, 1.54) is 11.5 Å². The summed E-state index contributed by atoms with van der Waals surface area (Å²) in [5.41, 5.74) is 8.95. The summed E-state index contributed by atoms with van der Waals surface area (Å²) in [5.74, 6) is -0.790. The van der Waals surface area contributed by atoms with Crippen LogP contribution in [0.15, 0.2) is 71.6 Å². The van der Waals surface area contributed by atoms with E-state index in [1.54, 1.807) is 30.3 Å². The van der Waals surface area contributed by atoms with Gasteiger partial charge in [0.05, 0.1) is 11.4 Å². The molecular weight excluding hydrogens is 390 g/mol. The van der Waals surface area contributed by atoms with E-state index in [0.717, 1.165) is 20.6 Å². The van der Waals surface area contributed by atoms with Gasteiger partial charge in [0, 0.05) is 12.2 Å². The number of amides is 1. The number of carbonyl (C=O) groups is 1. The first-order valence-electron chi connectivity index (χ1n) is 9.16. The molecule has 3 aromatic rings. The van der Waals surface area contributed by atoms with Gasteiger partial charge in [-0.3, -0.25) is 10.0 Å². The van der Waals surface area contributed by atoms with E-state index >= 15 is 0 Å². The third-order valence-electron chi connectivity index (χ3n) is 4.63. The Morgan fingerprint density at radius 1 is 1.00 bits per heavy atom. The second kappa shape index (κ2) is 9.04. The van der Waals surface area contributed by atoms with Gasteiger partial charge in [0.2, 0.25) is 10.0 Å². The lowest BCUT2D eigenvalue weighted by Gasteiger charge is -2.21. The summed E-state index contributed by atoms with van der Waals surface area (Å²) in [6.45, 7) is -0.322. The van der Waals surface area contributed by atoms with Crippen LogP contribution in [0.3, 0.4) is 0 Å². The van der Waals surface area contributed by atoms with E-state index in [2.05, 4.69) is 0 Å². The lowest BCUT2D eigenvalue weighted by Crippen LogP contribution is -2.40. The SMILES string of the molecule is Nc1ccc2cc(S(=O)(=O)N(CCCc3ccccc3)CC(=O)NO)ccc2c1. The van der Waals surface area contributed by atoms with Crippen molar-refractivity contribution in [3.05, 3.63) is 72.3 Å². The van der Waals surface area contributed by atoms with Crippen LogP contribution in [0.5, 0.6) is 0 Å². The van der Waals surface area contributed by atoms with Crippen LogP contribution in [-0.4, -0.2) is 36.9 Å². The van der Waals surface area contributed by atoms with Gasteiger partial charge in [0.1, 0.15) is 0 Å². The van der Waals surface area contributed by atoms with Crippen molar-refractivity contribution < 1.29 is 18.4 Å². The predicted molar refractivity (Wildman–Crippen MR) is 112 cm³/mol. The summed E-state index contributed by atoms with van der Waals surface area (Å²) in [6, 6.07) is 19.7. The van der Waals surface area contributed by atoms with E-state index in [-0.39, 0.29) is 11.4 Å². The zero-order chi connectivity index (χ0) is 20.9. The first kappa shape index (κ1) is 20.8. The Kier molecular flexibility index (Phi) is 6.48. The van der Waals surface area contributed by atoms with Crippen LogP contribution in [0.4, 0.5) is 5.69 Å². The summed E-state index contributed by atoms with van der Waals surface area (Å²) in [5, 5.41) is 10.4. The third kappa shape index (κ3) is 5.11. The number of hydrogen-bond acceptors (Lipinski definition) is 5. The number of hydrogen-bond donors (Lipinski definition) is 3. The maximum atomic E-state index is 13.2. The molecule has 0 heterocycles. The van der Waals surface area contributed by atoms with Crippen LogP contribution in [0.2, 0.25) is 0 Å². The normalized spacial score (nSPS) is 11.7. The largest absolute Gasteiger partial charge is 0.399 e. The highest BCUT2D eigenvalue weighted by Crippen LogP contribution is 2.24. The average Bonchev–Trinajstić information content (AvgIpc) is 2.73. The van der Waals surface area contributed by atoms with Crippen molar-refractivity contribution >= 4 is 32.4 Å². The van der Waals surface area contributed by atoms with Crippen molar-refractivity contribution in [2.45, 2.75) is 17.7 Å². The molecule has 7 nitrogen and oxygen atoms in total. The smallest absolute Gasteiger partial charge is 0.258 e. The first-order valence-corrected chi connectivity index (χ1v) is 10.6. The summed E-state index contributed by atoms with van der Waals surface area (Å²) in [6.07, 6.45) is 1.21. The van der Waals surface area contributed by atoms with Crippen LogP contribution in [0, 0.1) is 0 Å². The third-order valence-corrected chi connectivity index (χ3v) is 6.48. The number of benzene rings is 3. The van der Waals surface area contributed by atoms with Crippen LogP contribution in [0.25, 0.3) is 10.8 Å². The molecule has 0 fully saturated rings. The van der Waals surface area contributed by atoms with Crippen molar-refractivity contribution in [3.63, 3.8) is 0 Å². The number of fused-ring (bicyclic) bond motifs is 1. The molecule has 0 spiro atoms. The standard InChI is InChI=1S/C21H23N3O4S/c22-19-10-8-18-14-20(11-9-17(18)13-19)29(27,28)24(15-21(25)23-26)12-4-7-16-5-2-1-3-6-16/h1-3,5-6,8-11,13-14,26H,4,7,12,15,22H2,(H,23,25). The topological polar surface area (TPSA) is 113 Å². The van der Waals surface area contributed by atoms with Crippen LogP contribution < -0.4 is 11.2 Å². The van der Waals surface area contributed by atoms with Crippen molar-refractivity contribution in [1.29, 1.82) is 0 Å². The number of rotatable bonds is 8. The zero-order valence-corrected chi connectivity index (χ0v) is 16.6. The number of anilines is 1. The number of sulfonamides is 1. The molecule has 4 N–H and O–H groups in total. The fourth-order valence-corrected chi connectivity index (χ4v) is 4.61. The second-order valence-corrected chi connectivity index (χ2v) is 8.67. The maximum absolute atomic E-state index is 13.2. The van der Waals surface area contributed by atoms with Crippen molar-refractivity contribution in [1.82, 2.24) is 9.79 Å². The van der Waals surface area contributed by atoms with Gasteiger partial charge >= 0.3 is 0 Å². The Morgan fingerprint density at radius 2 is 1.69 bits per heavy atom. The number of nitrogen functional groups attached to an aromatic ring is 1. The number of hydroxylamine groups is 1. The fourth-order valence-electron chi connectivity index (χ4n) is 3.14. The van der Waals surface area contributed by atoms with Gasteiger partial charge in [0.25, 0.3) is 5.91 Å². The number of carbonyl (C=O) groups excluding carboxylic acids is 1. The minimum atomic E-state index is -3.93. The first-order chi connectivity index (χ1) is 13.9. The van der Waals surface area contributed by atoms with Gasteiger partial charge in [-0.1, -0.05) is 42.5 Å². The van der Waals surface area contributed by atoms with Gasteiger partial charge in [-0.2, -0.15) is 4.31 Å². The van der Waals surface area contributed by atoms with E-state index < -0.39 is 22.5 Å². The Morgan fingerprint density at radius 3 is 2.41 bits per heavy atom. The van der Waals surface area contributed by atoms with Crippen molar-refractivity contribution in [2.75, 3.05) is 18.8 Å². The molecule has 3 aromatic carbocycles. The van der Waals surface area contributed by atoms with Gasteiger partial charge in [-0.25, -0.2) is 13.9 Å². The summed E-state index contributed by atoms with van der Waals surface area (Å²) >= 11 is 0. The van der Waals surface area contributed by atoms with Gasteiger partial charge in [-0.05, 0) is 53.4 Å². The predicted octanol–water partition coefficient (Wildman–Crippen LogP) is 2.55. The Balaban J connectivity index is 1.84. The summed E-state index contributed by atoms with van der Waals surface area (Å²) < 4.78 is 27.4. The van der Waals surface area contributed by atoms with Crippen LogP contribution >= 0.6 is 0 Å². The zero-order valence-electron chi connectivity index (χ0n) is 15.8. The van der Waals surface area contributed by atoms with Crippen molar-refractivity contribution in [3.8, 4) is 0 Å². The van der Waals surface area contributed by atoms with E-state index in [4.69, 9.17) is 10.9 Å². The molecule has 0 radical (unpaired) electrons.